The van der Waals surface area contributed by atoms with Crippen molar-refractivity contribution < 1.29 is 4.79 Å². The van der Waals surface area contributed by atoms with E-state index in [4.69, 9.17) is 4.99 Å². The van der Waals surface area contributed by atoms with Gasteiger partial charge in [-0.25, -0.2) is 0 Å². The molecule has 120 valence electrons. The van der Waals surface area contributed by atoms with Gasteiger partial charge in [0.05, 0.1) is 0 Å². The highest BCUT2D eigenvalue weighted by Gasteiger charge is 2.26. The van der Waals surface area contributed by atoms with Gasteiger partial charge in [0.2, 0.25) is 5.91 Å². The van der Waals surface area contributed by atoms with Crippen LogP contribution in [-0.2, 0) is 4.79 Å². The van der Waals surface area contributed by atoms with E-state index in [1.807, 2.05) is 0 Å². The summed E-state index contributed by atoms with van der Waals surface area (Å²) < 4.78 is 0. The van der Waals surface area contributed by atoms with Crippen LogP contribution in [0.25, 0.3) is 0 Å². The van der Waals surface area contributed by atoms with E-state index >= 15 is 0 Å². The number of guanidine groups is 1. The standard InChI is InChI=1S/C16H30N4O/c1-3-14(20-13-7-8-15(20)21)9-10-18-16(17-4-2)19-11-5-6-12-19/h14H,3-13H2,1-2H3,(H,17,18). The largest absolute Gasteiger partial charge is 0.357 e. The highest BCUT2D eigenvalue weighted by molar-refractivity contribution is 5.80. The van der Waals surface area contributed by atoms with Gasteiger partial charge in [-0.15, -0.1) is 0 Å². The number of nitrogens with one attached hydrogen (secondary N) is 1. The summed E-state index contributed by atoms with van der Waals surface area (Å²) in [5.41, 5.74) is 0. The molecule has 2 fully saturated rings. The predicted molar refractivity (Wildman–Crippen MR) is 86.4 cm³/mol. The molecule has 0 aromatic rings. The average Bonchev–Trinajstić information content (AvgIpc) is 3.14. The van der Waals surface area contributed by atoms with E-state index < -0.39 is 0 Å². The van der Waals surface area contributed by atoms with Crippen molar-refractivity contribution in [2.24, 2.45) is 4.99 Å². The molecule has 0 radical (unpaired) electrons. The summed E-state index contributed by atoms with van der Waals surface area (Å²) in [4.78, 5) is 21.0. The fourth-order valence-electron chi connectivity index (χ4n) is 3.31. The van der Waals surface area contributed by atoms with Crippen LogP contribution >= 0.6 is 0 Å². The summed E-state index contributed by atoms with van der Waals surface area (Å²) in [6, 6.07) is 0.366. The average molecular weight is 294 g/mol. The van der Waals surface area contributed by atoms with E-state index in [0.29, 0.717) is 11.9 Å². The molecule has 5 heteroatoms. The number of amides is 1. The third-order valence-electron chi connectivity index (χ3n) is 4.49. The number of carbonyl (C=O) groups is 1. The Kier molecular flexibility index (Phi) is 6.33. The maximum atomic E-state index is 11.9. The molecule has 0 aliphatic carbocycles. The number of carbonyl (C=O) groups excluding carboxylic acids is 1. The third kappa shape index (κ3) is 4.35. The maximum absolute atomic E-state index is 11.9. The van der Waals surface area contributed by atoms with Gasteiger partial charge in [-0.05, 0) is 39.0 Å². The van der Waals surface area contributed by atoms with Gasteiger partial charge >= 0.3 is 0 Å². The zero-order valence-corrected chi connectivity index (χ0v) is 13.6. The first-order chi connectivity index (χ1) is 10.3. The quantitative estimate of drug-likeness (QED) is 0.601. The van der Waals surface area contributed by atoms with Crippen LogP contribution in [0.1, 0.15) is 52.4 Å². The molecule has 0 spiro atoms. The van der Waals surface area contributed by atoms with Gasteiger partial charge in [-0.3, -0.25) is 9.79 Å². The van der Waals surface area contributed by atoms with Gasteiger partial charge in [0.25, 0.3) is 0 Å². The molecule has 0 bridgehead atoms. The van der Waals surface area contributed by atoms with Crippen LogP contribution in [0.2, 0.25) is 0 Å². The Labute approximate surface area is 128 Å². The minimum atomic E-state index is 0.331. The topological polar surface area (TPSA) is 47.9 Å². The van der Waals surface area contributed by atoms with Gasteiger partial charge in [0.1, 0.15) is 0 Å². The van der Waals surface area contributed by atoms with Crippen molar-refractivity contribution >= 4 is 11.9 Å². The van der Waals surface area contributed by atoms with Crippen molar-refractivity contribution in [3.05, 3.63) is 0 Å². The molecule has 1 amide bonds. The van der Waals surface area contributed by atoms with Crippen molar-refractivity contribution in [3.63, 3.8) is 0 Å². The Morgan fingerprint density at radius 2 is 2.00 bits per heavy atom. The number of rotatable bonds is 6. The maximum Gasteiger partial charge on any atom is 0.222 e. The lowest BCUT2D eigenvalue weighted by Gasteiger charge is -2.27. The second kappa shape index (κ2) is 8.25. The van der Waals surface area contributed by atoms with Crippen LogP contribution in [0, 0.1) is 0 Å². The lowest BCUT2D eigenvalue weighted by atomic mass is 10.1. The highest BCUT2D eigenvalue weighted by Crippen LogP contribution is 2.18. The van der Waals surface area contributed by atoms with Crippen molar-refractivity contribution in [1.82, 2.24) is 15.1 Å². The summed E-state index contributed by atoms with van der Waals surface area (Å²) in [6.07, 6.45) is 6.30. The van der Waals surface area contributed by atoms with E-state index in [1.165, 1.54) is 12.8 Å². The number of hydrogen-bond donors (Lipinski definition) is 1. The molecule has 2 saturated heterocycles. The first-order valence-electron chi connectivity index (χ1n) is 8.59. The Morgan fingerprint density at radius 1 is 1.24 bits per heavy atom. The molecule has 0 aromatic carbocycles. The monoisotopic (exact) mass is 294 g/mol. The molecule has 2 heterocycles. The molecule has 1 atom stereocenters. The van der Waals surface area contributed by atoms with Crippen LogP contribution in [-0.4, -0.2) is 60.4 Å². The van der Waals surface area contributed by atoms with Gasteiger partial charge in [0, 0.05) is 45.2 Å². The number of likely N-dealkylation sites (tertiary alicyclic amines) is 2. The zero-order chi connectivity index (χ0) is 15.1. The Balaban J connectivity index is 1.86. The normalized spacial score (nSPS) is 21.2. The molecule has 2 aliphatic heterocycles. The Bertz CT molecular complexity index is 363. The van der Waals surface area contributed by atoms with Crippen LogP contribution in [0.15, 0.2) is 4.99 Å². The molecule has 1 unspecified atom stereocenters. The minimum Gasteiger partial charge on any atom is -0.357 e. The van der Waals surface area contributed by atoms with Crippen LogP contribution in [0.3, 0.4) is 0 Å². The SMILES string of the molecule is CCNC(=NCCC(CC)N1CCCC1=O)N1CCCC1. The Morgan fingerprint density at radius 3 is 2.57 bits per heavy atom. The van der Waals surface area contributed by atoms with Crippen LogP contribution < -0.4 is 5.32 Å². The zero-order valence-electron chi connectivity index (χ0n) is 13.6. The highest BCUT2D eigenvalue weighted by atomic mass is 16.2. The van der Waals surface area contributed by atoms with E-state index in [1.54, 1.807) is 0 Å². The second-order valence-corrected chi connectivity index (χ2v) is 5.97. The molecule has 0 aromatic heterocycles. The predicted octanol–water partition coefficient (Wildman–Crippen LogP) is 1.84. The van der Waals surface area contributed by atoms with E-state index in [9.17, 15) is 4.79 Å². The minimum absolute atomic E-state index is 0.331. The summed E-state index contributed by atoms with van der Waals surface area (Å²) in [7, 11) is 0. The molecule has 2 rings (SSSR count). The second-order valence-electron chi connectivity index (χ2n) is 5.97. The smallest absolute Gasteiger partial charge is 0.222 e. The molecule has 0 saturated carbocycles. The van der Waals surface area contributed by atoms with E-state index in [0.717, 1.165) is 64.4 Å². The molecular formula is C16H30N4O. The van der Waals surface area contributed by atoms with E-state index in [2.05, 4.69) is 29.0 Å². The molecule has 2 aliphatic rings. The van der Waals surface area contributed by atoms with E-state index in [-0.39, 0.29) is 0 Å². The van der Waals surface area contributed by atoms with Gasteiger partial charge < -0.3 is 15.1 Å². The van der Waals surface area contributed by atoms with Gasteiger partial charge in [-0.1, -0.05) is 6.92 Å². The summed E-state index contributed by atoms with van der Waals surface area (Å²) in [5, 5.41) is 3.39. The van der Waals surface area contributed by atoms with Crippen molar-refractivity contribution in [2.45, 2.75) is 58.4 Å². The number of aliphatic imine (C=N–C) groups is 1. The third-order valence-corrected chi connectivity index (χ3v) is 4.49. The van der Waals surface area contributed by atoms with Crippen molar-refractivity contribution in [2.75, 3.05) is 32.7 Å². The molecule has 1 N–H and O–H groups in total. The fraction of sp³-hybridized carbons (Fsp3) is 0.875. The van der Waals surface area contributed by atoms with Crippen LogP contribution in [0.4, 0.5) is 0 Å². The van der Waals surface area contributed by atoms with Gasteiger partial charge in [0.15, 0.2) is 5.96 Å². The number of nitrogens with zero attached hydrogens (tertiary/aromatic N) is 3. The summed E-state index contributed by atoms with van der Waals surface area (Å²) >= 11 is 0. The first kappa shape index (κ1) is 16.1. The van der Waals surface area contributed by atoms with Crippen LogP contribution in [0.5, 0.6) is 0 Å². The Hall–Kier alpha value is -1.26. The number of hydrogen-bond acceptors (Lipinski definition) is 2. The molecular weight excluding hydrogens is 264 g/mol. The first-order valence-corrected chi connectivity index (χ1v) is 8.59. The molecule has 21 heavy (non-hydrogen) atoms. The fourth-order valence-corrected chi connectivity index (χ4v) is 3.31. The summed E-state index contributed by atoms with van der Waals surface area (Å²) in [5.74, 6) is 1.38. The summed E-state index contributed by atoms with van der Waals surface area (Å²) in [6.45, 7) is 9.18. The van der Waals surface area contributed by atoms with Crippen molar-refractivity contribution in [1.29, 1.82) is 0 Å². The molecule has 5 nitrogen and oxygen atoms in total. The lowest BCUT2D eigenvalue weighted by Crippen LogP contribution is -2.40. The van der Waals surface area contributed by atoms with Gasteiger partial charge in [-0.2, -0.15) is 0 Å². The van der Waals surface area contributed by atoms with Crippen molar-refractivity contribution in [3.8, 4) is 0 Å². The lowest BCUT2D eigenvalue weighted by molar-refractivity contribution is -0.129.